The number of hydrogen-bond acceptors (Lipinski definition) is 14. The van der Waals surface area contributed by atoms with E-state index in [1.165, 1.54) is 0 Å². The lowest BCUT2D eigenvalue weighted by atomic mass is 9.99. The van der Waals surface area contributed by atoms with E-state index in [0.29, 0.717) is 94.9 Å². The fourth-order valence-electron chi connectivity index (χ4n) is 12.4. The summed E-state index contributed by atoms with van der Waals surface area (Å²) in [4.78, 5) is 87.1. The lowest BCUT2D eigenvalue weighted by Crippen LogP contribution is -2.37. The first-order chi connectivity index (χ1) is 46.7. The van der Waals surface area contributed by atoms with Crippen molar-refractivity contribution in [2.45, 2.75) is 106 Å². The maximum Gasteiger partial charge on any atom is 0.409 e. The monoisotopic (exact) mass is 1360 g/mol. The molecule has 3 N–H and O–H groups in total. The number of benzene rings is 9. The van der Waals surface area contributed by atoms with E-state index in [1.54, 1.807) is 260 Å². The molecule has 0 aromatic heterocycles. The Labute approximate surface area is 567 Å². The normalized spacial score (nSPS) is 12.0. The second-order valence-corrected chi connectivity index (χ2v) is 32.2. The molecule has 0 fully saturated rings. The number of carbonyl (C=O) groups excluding carboxylic acids is 6. The van der Waals surface area contributed by atoms with Crippen molar-refractivity contribution in [3.63, 3.8) is 0 Å². The predicted octanol–water partition coefficient (Wildman–Crippen LogP) is 14.0. The van der Waals surface area contributed by atoms with E-state index in [9.17, 15) is 28.8 Å². The molecule has 1 amide bonds. The van der Waals surface area contributed by atoms with Crippen molar-refractivity contribution in [2.24, 2.45) is 11.7 Å². The fraction of sp³-hybridized carbons (Fsp3) is 0.241. The summed E-state index contributed by atoms with van der Waals surface area (Å²) in [5, 5.41) is 5.08. The third-order valence-corrected chi connectivity index (χ3v) is 25.6. The van der Waals surface area contributed by atoms with Gasteiger partial charge in [-0.3, -0.25) is 24.0 Å². The Morgan fingerprint density at radius 1 is 0.381 bits per heavy atom. The van der Waals surface area contributed by atoms with Crippen LogP contribution in [-0.4, -0.2) is 54.0 Å². The molecule has 0 saturated carbocycles. The minimum absolute atomic E-state index is 0.229. The second kappa shape index (κ2) is 33.2. The van der Waals surface area contributed by atoms with Crippen LogP contribution in [0.3, 0.4) is 0 Å². The quantitative estimate of drug-likeness (QED) is 0.0135. The van der Waals surface area contributed by atoms with E-state index in [2.05, 4.69) is 5.32 Å². The molecule has 9 aromatic carbocycles. The predicted molar refractivity (Wildman–Crippen MR) is 383 cm³/mol. The minimum Gasteiger partial charge on any atom is -0.461 e. The fourth-order valence-corrected chi connectivity index (χ4v) is 20.3. The summed E-state index contributed by atoms with van der Waals surface area (Å²) in [7, 11) is -11.7. The van der Waals surface area contributed by atoms with Crippen LogP contribution in [0.2, 0.25) is 0 Å². The summed E-state index contributed by atoms with van der Waals surface area (Å²) in [6, 6.07) is 62.1. The number of carbonyl (C=O) groups is 6. The highest BCUT2D eigenvalue weighted by atomic mass is 31.2. The summed E-state index contributed by atoms with van der Waals surface area (Å²) < 4.78 is 70.2. The molecular formula is C79H81N2O13P3. The molecule has 9 aromatic rings. The topological polar surface area (TPSA) is 229 Å². The first-order valence-corrected chi connectivity index (χ1v) is 37.5. The number of nitrogens with two attached hydrogens (primary N) is 1. The molecule has 18 heteroatoms. The first kappa shape index (κ1) is 72.1. The summed E-state index contributed by atoms with van der Waals surface area (Å²) in [5.41, 5.74) is 9.45. The van der Waals surface area contributed by atoms with Gasteiger partial charge in [-0.2, -0.15) is 0 Å². The van der Waals surface area contributed by atoms with Crippen LogP contribution in [0.25, 0.3) is 0 Å². The van der Waals surface area contributed by atoms with E-state index >= 15 is 13.7 Å². The van der Waals surface area contributed by atoms with Gasteiger partial charge in [-0.15, -0.1) is 0 Å². The van der Waals surface area contributed by atoms with Crippen molar-refractivity contribution in [1.29, 1.82) is 0 Å². The Morgan fingerprint density at radius 3 is 0.928 bits per heavy atom. The third-order valence-electron chi connectivity index (χ3n) is 17.1. The number of nitrogens with one attached hydrogen (secondary N) is 1. The second-order valence-electron chi connectivity index (χ2n) is 24.3. The highest BCUT2D eigenvalue weighted by Gasteiger charge is 2.41. The summed E-state index contributed by atoms with van der Waals surface area (Å²) in [6.45, 7) is 10.3. The zero-order valence-corrected chi connectivity index (χ0v) is 58.1. The summed E-state index contributed by atoms with van der Waals surface area (Å²) >= 11 is 0. The number of hydrogen-bond donors (Lipinski definition) is 2. The summed E-state index contributed by atoms with van der Waals surface area (Å²) in [6.07, 6.45) is -0.551. The molecule has 0 radical (unpaired) electrons. The van der Waals surface area contributed by atoms with Crippen LogP contribution in [-0.2, 0) is 62.1 Å². The molecule has 1 unspecified atom stereocenters. The van der Waals surface area contributed by atoms with E-state index in [4.69, 9.17) is 24.7 Å². The van der Waals surface area contributed by atoms with Gasteiger partial charge in [-0.1, -0.05) is 231 Å². The van der Waals surface area contributed by atoms with Gasteiger partial charge in [0.05, 0.1) is 19.4 Å². The van der Waals surface area contributed by atoms with Gasteiger partial charge in [-0.25, -0.2) is 4.79 Å². The van der Waals surface area contributed by atoms with Crippen LogP contribution in [0.15, 0.2) is 218 Å². The highest BCUT2D eigenvalue weighted by molar-refractivity contribution is 7.94. The molecule has 0 aliphatic rings. The zero-order valence-electron chi connectivity index (χ0n) is 55.4. The molecule has 97 heavy (non-hydrogen) atoms. The molecule has 15 nitrogen and oxygen atoms in total. The lowest BCUT2D eigenvalue weighted by molar-refractivity contribution is -0.171. The molecular weight excluding hydrogens is 1280 g/mol. The van der Waals surface area contributed by atoms with Gasteiger partial charge < -0.3 is 43.7 Å². The highest BCUT2D eigenvalue weighted by Crippen LogP contribution is 2.51. The number of esters is 2. The van der Waals surface area contributed by atoms with E-state index in [1.807, 2.05) is 0 Å². The number of amides is 1. The number of ether oxygens (including phenoxy) is 4. The van der Waals surface area contributed by atoms with E-state index in [-0.39, 0.29) is 43.1 Å². The molecule has 0 heterocycles. The standard InChI is InChI=1S/C79H81N2O13P3/c1-54-43-60(44-55(2)72(54)75(84)95(88,64-29-15-9-16-30-64)65-31-17-10-18-32-65)51-91-70(82)49-63(50-71(83)92-52-61-45-56(3)73(57(4)46-61)76(85)96(89,66-33-19-11-20-34-66)67-35-21-12-22-36-67)78(94-79(87)81-42-28-8-7-27-41-80)93-53-62-47-58(5)74(59(6)48-62)77(86)97(90,68-37-23-13-24-38-68)69-39-25-14-26-40-69/h9-26,29-40,43-48,63,78H,7-8,27-28,41-42,49-53,80H2,1-6H3,(H,81,87). The Balaban J connectivity index is 1.01. The van der Waals surface area contributed by atoms with Crippen LogP contribution >= 0.6 is 21.4 Å². The van der Waals surface area contributed by atoms with Gasteiger partial charge in [-0.05, 0) is 111 Å². The van der Waals surface area contributed by atoms with Crippen LogP contribution in [0, 0.1) is 47.5 Å². The van der Waals surface area contributed by atoms with Gasteiger partial charge >= 0.3 is 18.0 Å². The van der Waals surface area contributed by atoms with E-state index in [0.717, 1.165) is 19.3 Å². The molecule has 1 atom stereocenters. The Hall–Kier alpha value is -9.19. The number of aryl methyl sites for hydroxylation is 6. The van der Waals surface area contributed by atoms with Crippen LogP contribution in [0.5, 0.6) is 0 Å². The average molecular weight is 1360 g/mol. The van der Waals surface area contributed by atoms with Crippen molar-refractivity contribution in [1.82, 2.24) is 5.32 Å². The van der Waals surface area contributed by atoms with Gasteiger partial charge in [0.25, 0.3) is 0 Å². The Bertz CT molecular complexity index is 4060. The van der Waals surface area contributed by atoms with Crippen LogP contribution in [0.1, 0.15) is 120 Å². The van der Waals surface area contributed by atoms with Crippen molar-refractivity contribution in [2.75, 3.05) is 13.1 Å². The maximum atomic E-state index is 15.3. The van der Waals surface area contributed by atoms with Gasteiger partial charge in [0.1, 0.15) is 13.2 Å². The lowest BCUT2D eigenvalue weighted by Gasteiger charge is -2.27. The largest absolute Gasteiger partial charge is 0.461 e. The molecule has 0 bridgehead atoms. The SMILES string of the molecule is Cc1cc(COC(=O)CC(CC(=O)OCc2cc(C)c(C(=O)P(=O)(c3ccccc3)c3ccccc3)c(C)c2)C(OCc2cc(C)c(C(=O)P(=O)(c3ccccc3)c3ccccc3)c(C)c2)OC(=O)NCCCCCCN)cc(C)c1C(=O)P(=O)(c1ccccc1)c1ccccc1. The van der Waals surface area contributed by atoms with E-state index < -0.39 is 81.1 Å². The van der Waals surface area contributed by atoms with Crippen molar-refractivity contribution >= 4 is 87.9 Å². The summed E-state index contributed by atoms with van der Waals surface area (Å²) in [5.74, 6) is -2.88. The number of rotatable bonds is 31. The molecule has 9 rings (SSSR count). The van der Waals surface area contributed by atoms with Crippen LogP contribution in [0.4, 0.5) is 4.79 Å². The molecule has 0 aliphatic carbocycles. The number of unbranched alkanes of at least 4 members (excludes halogenated alkanes) is 3. The van der Waals surface area contributed by atoms with Gasteiger partial charge in [0.15, 0.2) is 0 Å². The Morgan fingerprint density at radius 2 is 0.649 bits per heavy atom. The maximum absolute atomic E-state index is 15.3. The van der Waals surface area contributed by atoms with Gasteiger partial charge in [0.2, 0.25) is 44.3 Å². The third kappa shape index (κ3) is 17.0. The number of alkyl carbamates (subject to hydrolysis) is 1. The van der Waals surface area contributed by atoms with Crippen molar-refractivity contribution in [3.05, 3.63) is 285 Å². The molecule has 0 aliphatic heterocycles. The minimum atomic E-state index is -3.92. The average Bonchev–Trinajstić information content (AvgIpc) is 0.773. The molecule has 500 valence electrons. The van der Waals surface area contributed by atoms with Crippen LogP contribution < -0.4 is 42.9 Å². The smallest absolute Gasteiger partial charge is 0.409 e. The first-order valence-electron chi connectivity index (χ1n) is 32.3. The Kier molecular flexibility index (Phi) is 24.7. The van der Waals surface area contributed by atoms with Gasteiger partial charge in [0, 0.05) is 61.0 Å². The van der Waals surface area contributed by atoms with Crippen molar-refractivity contribution in [3.8, 4) is 0 Å². The zero-order chi connectivity index (χ0) is 69.3. The molecule has 0 saturated heterocycles. The molecule has 0 spiro atoms. The van der Waals surface area contributed by atoms with Crippen molar-refractivity contribution < 1.29 is 61.4 Å².